The van der Waals surface area contributed by atoms with Crippen LogP contribution in [-0.4, -0.2) is 23.8 Å². The fourth-order valence-corrected chi connectivity index (χ4v) is 1.15. The van der Waals surface area contributed by atoms with Crippen molar-refractivity contribution in [3.8, 4) is 0 Å². The highest BCUT2D eigenvalue weighted by Gasteiger charge is 2.11. The largest absolute Gasteiger partial charge is 0.512 e. The first kappa shape index (κ1) is 10.5. The Labute approximate surface area is 84.6 Å². The molecule has 1 aliphatic heterocycles. The number of hydrogen-bond donors (Lipinski definition) is 1. The number of carboxylic acid groups (broad SMARTS) is 1. The zero-order valence-corrected chi connectivity index (χ0v) is 8.07. The molecule has 0 radical (unpaired) electrons. The van der Waals surface area contributed by atoms with Gasteiger partial charge in [0.2, 0.25) is 5.90 Å². The van der Waals surface area contributed by atoms with Gasteiger partial charge in [0.05, 0.1) is 6.42 Å². The van der Waals surface area contributed by atoms with E-state index in [9.17, 15) is 4.79 Å². The van der Waals surface area contributed by atoms with Crippen LogP contribution >= 0.6 is 11.3 Å². The molecule has 14 heavy (non-hydrogen) atoms. The average Bonchev–Trinajstić information content (AvgIpc) is 2.75. The van der Waals surface area contributed by atoms with Gasteiger partial charge in [-0.2, -0.15) is 11.3 Å². The Balaban J connectivity index is 0.000000165. The summed E-state index contributed by atoms with van der Waals surface area (Å²) >= 11 is 1.71. The van der Waals surface area contributed by atoms with Gasteiger partial charge in [-0.3, -0.25) is 0 Å². The predicted octanol–water partition coefficient (Wildman–Crippen LogP) is 2.16. The summed E-state index contributed by atoms with van der Waals surface area (Å²) in [7, 11) is 0. The lowest BCUT2D eigenvalue weighted by Crippen LogP contribution is -2.07. The standard InChI is InChI=1S/C4H5NO4.C4H4S/c6-4(7)9-3-1-2-8-5-3;1-2-4-5-3-1/h1-2H2,(H,6,7);1-4H. The van der Waals surface area contributed by atoms with Gasteiger partial charge in [0.25, 0.3) is 0 Å². The van der Waals surface area contributed by atoms with E-state index in [-0.39, 0.29) is 5.90 Å². The molecule has 0 spiro atoms. The van der Waals surface area contributed by atoms with Gasteiger partial charge < -0.3 is 14.7 Å². The molecule has 0 aromatic carbocycles. The van der Waals surface area contributed by atoms with Crippen molar-refractivity contribution in [1.29, 1.82) is 0 Å². The van der Waals surface area contributed by atoms with Crippen molar-refractivity contribution >= 4 is 23.4 Å². The number of hydrogen-bond acceptors (Lipinski definition) is 5. The van der Waals surface area contributed by atoms with Crippen LogP contribution in [0.2, 0.25) is 0 Å². The zero-order chi connectivity index (χ0) is 10.2. The van der Waals surface area contributed by atoms with E-state index in [2.05, 4.69) is 14.7 Å². The van der Waals surface area contributed by atoms with Gasteiger partial charge in [0.15, 0.2) is 0 Å². The molecule has 0 atom stereocenters. The molecule has 0 aliphatic carbocycles. The molecule has 5 nitrogen and oxygen atoms in total. The number of thiophene rings is 1. The number of rotatable bonds is 0. The number of oxime groups is 1. The Morgan fingerprint density at radius 3 is 2.64 bits per heavy atom. The Kier molecular flexibility index (Phi) is 4.49. The van der Waals surface area contributed by atoms with Crippen LogP contribution in [0.3, 0.4) is 0 Å². The minimum Gasteiger partial charge on any atom is -0.449 e. The van der Waals surface area contributed by atoms with Crippen molar-refractivity contribution in [2.24, 2.45) is 5.16 Å². The van der Waals surface area contributed by atoms with Gasteiger partial charge in [0.1, 0.15) is 6.61 Å². The first-order chi connectivity index (χ1) is 6.79. The molecule has 2 rings (SSSR count). The van der Waals surface area contributed by atoms with E-state index in [1.165, 1.54) is 0 Å². The lowest BCUT2D eigenvalue weighted by Gasteiger charge is -1.91. The molecular weight excluding hydrogens is 206 g/mol. The van der Waals surface area contributed by atoms with Crippen molar-refractivity contribution in [2.45, 2.75) is 6.42 Å². The minimum absolute atomic E-state index is 0.127. The molecule has 1 aromatic rings. The molecule has 0 unspecified atom stereocenters. The number of carbonyl (C=O) groups is 1. The molecule has 0 fully saturated rings. The molecule has 6 heteroatoms. The van der Waals surface area contributed by atoms with Gasteiger partial charge >= 0.3 is 6.16 Å². The summed E-state index contributed by atoms with van der Waals surface area (Å²) in [6, 6.07) is 4.04. The minimum atomic E-state index is -1.35. The highest BCUT2D eigenvalue weighted by atomic mass is 32.1. The van der Waals surface area contributed by atoms with Gasteiger partial charge in [-0.25, -0.2) is 4.79 Å². The SMILES string of the molecule is O=C(O)OC1=NOCC1.c1ccsc1. The van der Waals surface area contributed by atoms with Gasteiger partial charge in [-0.15, -0.1) is 0 Å². The molecule has 1 N–H and O–H groups in total. The molecule has 2 heterocycles. The van der Waals surface area contributed by atoms with Crippen LogP contribution in [0, 0.1) is 0 Å². The molecule has 0 amide bonds. The third-order valence-corrected chi connectivity index (χ3v) is 1.83. The summed E-state index contributed by atoms with van der Waals surface area (Å²) in [6.45, 7) is 0.405. The third-order valence-electron chi connectivity index (χ3n) is 1.20. The van der Waals surface area contributed by atoms with Crippen molar-refractivity contribution in [2.75, 3.05) is 6.61 Å². The van der Waals surface area contributed by atoms with E-state index >= 15 is 0 Å². The van der Waals surface area contributed by atoms with E-state index in [1.54, 1.807) is 11.3 Å². The Bertz CT molecular complexity index is 279. The highest BCUT2D eigenvalue weighted by Crippen LogP contribution is 2.00. The second-order valence-corrected chi connectivity index (χ2v) is 3.05. The first-order valence-electron chi connectivity index (χ1n) is 3.86. The smallest absolute Gasteiger partial charge is 0.449 e. The summed E-state index contributed by atoms with van der Waals surface area (Å²) in [5.74, 6) is 0.127. The first-order valence-corrected chi connectivity index (χ1v) is 4.80. The second-order valence-electron chi connectivity index (χ2n) is 2.23. The van der Waals surface area contributed by atoms with Crippen LogP contribution in [-0.2, 0) is 9.57 Å². The lowest BCUT2D eigenvalue weighted by atomic mass is 10.5. The predicted molar refractivity (Wildman–Crippen MR) is 51.4 cm³/mol. The normalized spacial score (nSPS) is 13.3. The van der Waals surface area contributed by atoms with Crippen molar-refractivity contribution in [3.63, 3.8) is 0 Å². The van der Waals surface area contributed by atoms with Gasteiger partial charge in [-0.1, -0.05) is 17.3 Å². The molecule has 1 aromatic heterocycles. The van der Waals surface area contributed by atoms with E-state index in [0.717, 1.165) is 0 Å². The number of nitrogens with zero attached hydrogens (tertiary/aromatic N) is 1. The molecule has 0 saturated carbocycles. The topological polar surface area (TPSA) is 68.1 Å². The fourth-order valence-electron chi connectivity index (χ4n) is 0.693. The molecular formula is C8H9NO4S. The highest BCUT2D eigenvalue weighted by molar-refractivity contribution is 7.07. The van der Waals surface area contributed by atoms with Crippen molar-refractivity contribution in [3.05, 3.63) is 22.9 Å². The summed E-state index contributed by atoms with van der Waals surface area (Å²) < 4.78 is 4.15. The van der Waals surface area contributed by atoms with Crippen molar-refractivity contribution < 1.29 is 19.5 Å². The van der Waals surface area contributed by atoms with E-state index < -0.39 is 6.16 Å². The maximum absolute atomic E-state index is 9.80. The maximum atomic E-state index is 9.80. The van der Waals surface area contributed by atoms with Crippen LogP contribution in [0.15, 0.2) is 28.0 Å². The molecule has 0 bridgehead atoms. The van der Waals surface area contributed by atoms with E-state index in [4.69, 9.17) is 5.11 Å². The number of ether oxygens (including phenoxy) is 1. The van der Waals surface area contributed by atoms with Gasteiger partial charge in [0, 0.05) is 0 Å². The van der Waals surface area contributed by atoms with E-state index in [1.807, 2.05) is 22.9 Å². The summed E-state index contributed by atoms with van der Waals surface area (Å²) in [5, 5.41) is 15.4. The van der Waals surface area contributed by atoms with Crippen LogP contribution < -0.4 is 0 Å². The quantitative estimate of drug-likeness (QED) is 0.673. The van der Waals surface area contributed by atoms with Crippen LogP contribution in [0.1, 0.15) is 6.42 Å². The third kappa shape index (κ3) is 4.46. The van der Waals surface area contributed by atoms with Crippen molar-refractivity contribution in [1.82, 2.24) is 0 Å². The Morgan fingerprint density at radius 1 is 1.57 bits per heavy atom. The van der Waals surface area contributed by atoms with E-state index in [0.29, 0.717) is 13.0 Å². The summed E-state index contributed by atoms with van der Waals surface area (Å²) in [6.07, 6.45) is -0.911. The lowest BCUT2D eigenvalue weighted by molar-refractivity contribution is 0.137. The average molecular weight is 215 g/mol. The maximum Gasteiger partial charge on any atom is 0.512 e. The van der Waals surface area contributed by atoms with Crippen LogP contribution in [0.25, 0.3) is 0 Å². The Morgan fingerprint density at radius 2 is 2.29 bits per heavy atom. The molecule has 0 saturated heterocycles. The van der Waals surface area contributed by atoms with Crippen LogP contribution in [0.5, 0.6) is 0 Å². The van der Waals surface area contributed by atoms with Gasteiger partial charge in [-0.05, 0) is 10.8 Å². The second kappa shape index (κ2) is 5.98. The van der Waals surface area contributed by atoms with Crippen LogP contribution in [0.4, 0.5) is 4.79 Å². The fraction of sp³-hybridized carbons (Fsp3) is 0.250. The molecule has 76 valence electrons. The Hall–Kier alpha value is -1.56. The molecule has 1 aliphatic rings. The monoisotopic (exact) mass is 215 g/mol. The summed E-state index contributed by atoms with van der Waals surface area (Å²) in [4.78, 5) is 14.3. The zero-order valence-electron chi connectivity index (χ0n) is 7.25. The summed E-state index contributed by atoms with van der Waals surface area (Å²) in [5.41, 5.74) is 0.